The van der Waals surface area contributed by atoms with Crippen LogP contribution in [0.25, 0.3) is 0 Å². The van der Waals surface area contributed by atoms with E-state index in [1.807, 2.05) is 0 Å². The molecule has 2 N–H and O–H groups in total. The van der Waals surface area contributed by atoms with E-state index < -0.39 is 0 Å². The number of rotatable bonds is 3. The van der Waals surface area contributed by atoms with Crippen LogP contribution in [-0.4, -0.2) is 0 Å². The molecular weight excluding hydrogens is 222 g/mol. The first-order valence-electron chi connectivity index (χ1n) is 3.75. The molecule has 0 spiro atoms. The lowest BCUT2D eigenvalue weighted by atomic mass is 10.2. The van der Waals surface area contributed by atoms with Crippen molar-refractivity contribution < 1.29 is 0 Å². The van der Waals surface area contributed by atoms with Crippen LogP contribution in [0.2, 0.25) is 0 Å². The van der Waals surface area contributed by atoms with Gasteiger partial charge in [-0.25, -0.2) is 0 Å². The Morgan fingerprint density at radius 2 is 2.36 bits per heavy atom. The predicted octanol–water partition coefficient (Wildman–Crippen LogP) is 2.92. The van der Waals surface area contributed by atoms with E-state index in [4.69, 9.17) is 5.73 Å². The van der Waals surface area contributed by atoms with Crippen molar-refractivity contribution in [2.75, 3.05) is 0 Å². The maximum Gasteiger partial charge on any atom is 0.0746 e. The van der Waals surface area contributed by atoms with Crippen LogP contribution in [0.5, 0.6) is 0 Å². The third-order valence-corrected chi connectivity index (χ3v) is 3.55. The van der Waals surface area contributed by atoms with Gasteiger partial charge >= 0.3 is 0 Å². The Kier molecular flexibility index (Phi) is 3.55. The molecule has 0 saturated carbocycles. The summed E-state index contributed by atoms with van der Waals surface area (Å²) in [6, 6.07) is 2.19. The molecule has 1 nitrogen and oxygen atoms in total. The molecule has 3 heteroatoms. The summed E-state index contributed by atoms with van der Waals surface area (Å²) >= 11 is 5.29. The van der Waals surface area contributed by atoms with Crippen LogP contribution in [-0.2, 0) is 13.0 Å². The molecule has 1 heterocycles. The molecule has 1 aromatic rings. The lowest BCUT2D eigenvalue weighted by molar-refractivity contribution is 0.936. The molecule has 0 aliphatic rings. The summed E-state index contributed by atoms with van der Waals surface area (Å²) in [7, 11) is 0. The number of hydrogen-bond acceptors (Lipinski definition) is 2. The molecule has 0 aliphatic heterocycles. The number of aryl methyl sites for hydroxylation is 1. The average molecular weight is 234 g/mol. The maximum atomic E-state index is 5.54. The number of nitrogens with two attached hydrogens (primary N) is 1. The van der Waals surface area contributed by atoms with E-state index in [-0.39, 0.29) is 0 Å². The second kappa shape index (κ2) is 4.24. The summed E-state index contributed by atoms with van der Waals surface area (Å²) in [5.74, 6) is 0. The quantitative estimate of drug-likeness (QED) is 0.854. The molecule has 11 heavy (non-hydrogen) atoms. The Morgan fingerprint density at radius 3 is 2.82 bits per heavy atom. The van der Waals surface area contributed by atoms with E-state index in [0.717, 1.165) is 0 Å². The van der Waals surface area contributed by atoms with Gasteiger partial charge in [0.2, 0.25) is 0 Å². The number of thiophene rings is 1. The molecule has 0 aromatic carbocycles. The van der Waals surface area contributed by atoms with Crippen LogP contribution in [0.1, 0.15) is 23.8 Å². The number of hydrogen-bond donors (Lipinski definition) is 1. The van der Waals surface area contributed by atoms with Crippen molar-refractivity contribution in [2.24, 2.45) is 5.73 Å². The van der Waals surface area contributed by atoms with Crippen LogP contribution in [0.3, 0.4) is 0 Å². The van der Waals surface area contributed by atoms with Crippen molar-refractivity contribution >= 4 is 27.3 Å². The molecule has 0 aliphatic carbocycles. The monoisotopic (exact) mass is 233 g/mol. The Bertz CT molecular complexity index is 232. The first kappa shape index (κ1) is 9.23. The second-order valence-electron chi connectivity index (χ2n) is 2.47. The second-order valence-corrected chi connectivity index (χ2v) is 4.92. The van der Waals surface area contributed by atoms with Gasteiger partial charge in [0.25, 0.3) is 0 Å². The van der Waals surface area contributed by atoms with Crippen molar-refractivity contribution in [2.45, 2.75) is 26.3 Å². The minimum absolute atomic E-state index is 0.640. The molecule has 62 valence electrons. The highest BCUT2D eigenvalue weighted by molar-refractivity contribution is 9.11. The fourth-order valence-corrected chi connectivity index (χ4v) is 2.88. The SMILES string of the molecule is CCCc1cc(CN)c(Br)s1. The van der Waals surface area contributed by atoms with Gasteiger partial charge in [-0.05, 0) is 34.0 Å². The van der Waals surface area contributed by atoms with Crippen LogP contribution in [0.15, 0.2) is 9.85 Å². The Labute approximate surface area is 79.7 Å². The highest BCUT2D eigenvalue weighted by Gasteiger charge is 2.03. The van der Waals surface area contributed by atoms with Gasteiger partial charge in [-0.2, -0.15) is 0 Å². The molecule has 0 saturated heterocycles. The Morgan fingerprint density at radius 1 is 1.64 bits per heavy atom. The molecule has 1 aromatic heterocycles. The Balaban J connectivity index is 2.77. The minimum Gasteiger partial charge on any atom is -0.326 e. The first-order valence-corrected chi connectivity index (χ1v) is 5.36. The van der Waals surface area contributed by atoms with E-state index in [2.05, 4.69) is 28.9 Å². The van der Waals surface area contributed by atoms with Crippen molar-refractivity contribution in [1.82, 2.24) is 0 Å². The average Bonchev–Trinajstić information content (AvgIpc) is 2.32. The highest BCUT2D eigenvalue weighted by atomic mass is 79.9. The van der Waals surface area contributed by atoms with Gasteiger partial charge in [-0.3, -0.25) is 0 Å². The Hall–Kier alpha value is 0.140. The third kappa shape index (κ3) is 2.29. The molecule has 1 rings (SSSR count). The van der Waals surface area contributed by atoms with E-state index in [9.17, 15) is 0 Å². The van der Waals surface area contributed by atoms with Crippen LogP contribution in [0, 0.1) is 0 Å². The van der Waals surface area contributed by atoms with Gasteiger partial charge in [-0.15, -0.1) is 11.3 Å². The molecule has 0 fully saturated rings. The van der Waals surface area contributed by atoms with Gasteiger partial charge < -0.3 is 5.73 Å². The summed E-state index contributed by atoms with van der Waals surface area (Å²) < 4.78 is 1.20. The van der Waals surface area contributed by atoms with E-state index >= 15 is 0 Å². The van der Waals surface area contributed by atoms with Crippen molar-refractivity contribution in [3.05, 3.63) is 20.3 Å². The zero-order valence-electron chi connectivity index (χ0n) is 6.56. The van der Waals surface area contributed by atoms with Crippen LogP contribution < -0.4 is 5.73 Å². The molecule has 0 unspecified atom stereocenters. The van der Waals surface area contributed by atoms with Gasteiger partial charge in [-0.1, -0.05) is 13.3 Å². The van der Waals surface area contributed by atoms with E-state index in [1.165, 1.54) is 27.1 Å². The molecular formula is C8H12BrNS. The molecule has 0 atom stereocenters. The topological polar surface area (TPSA) is 26.0 Å². The lowest BCUT2D eigenvalue weighted by Crippen LogP contribution is -1.93. The van der Waals surface area contributed by atoms with Gasteiger partial charge in [0.15, 0.2) is 0 Å². The third-order valence-electron chi connectivity index (χ3n) is 1.52. The van der Waals surface area contributed by atoms with Crippen molar-refractivity contribution in [1.29, 1.82) is 0 Å². The molecule has 0 radical (unpaired) electrons. The fourth-order valence-electron chi connectivity index (χ4n) is 0.970. The van der Waals surface area contributed by atoms with E-state index in [0.29, 0.717) is 6.54 Å². The molecule has 0 amide bonds. The minimum atomic E-state index is 0.640. The van der Waals surface area contributed by atoms with Crippen LogP contribution >= 0.6 is 27.3 Å². The summed E-state index contributed by atoms with van der Waals surface area (Å²) in [6.07, 6.45) is 2.38. The summed E-state index contributed by atoms with van der Waals surface area (Å²) in [5, 5.41) is 0. The van der Waals surface area contributed by atoms with Gasteiger partial charge in [0.1, 0.15) is 0 Å². The number of halogens is 1. The summed E-state index contributed by atoms with van der Waals surface area (Å²) in [6.45, 7) is 2.83. The van der Waals surface area contributed by atoms with Crippen LogP contribution in [0.4, 0.5) is 0 Å². The van der Waals surface area contributed by atoms with Crippen molar-refractivity contribution in [3.8, 4) is 0 Å². The zero-order valence-corrected chi connectivity index (χ0v) is 8.96. The fraction of sp³-hybridized carbons (Fsp3) is 0.500. The summed E-state index contributed by atoms with van der Waals surface area (Å²) in [5.41, 5.74) is 6.77. The van der Waals surface area contributed by atoms with E-state index in [1.54, 1.807) is 11.3 Å². The zero-order chi connectivity index (χ0) is 8.27. The first-order chi connectivity index (χ1) is 5.27. The van der Waals surface area contributed by atoms with Gasteiger partial charge in [0.05, 0.1) is 3.79 Å². The molecule has 0 bridgehead atoms. The smallest absolute Gasteiger partial charge is 0.0746 e. The van der Waals surface area contributed by atoms with Crippen molar-refractivity contribution in [3.63, 3.8) is 0 Å². The predicted molar refractivity (Wildman–Crippen MR) is 53.9 cm³/mol. The largest absolute Gasteiger partial charge is 0.326 e. The van der Waals surface area contributed by atoms with Gasteiger partial charge in [0, 0.05) is 11.4 Å². The summed E-state index contributed by atoms with van der Waals surface area (Å²) in [4.78, 5) is 1.43. The standard InChI is InChI=1S/C8H12BrNS/c1-2-3-7-4-6(5-10)8(9)11-7/h4H,2-3,5,10H2,1H3. The maximum absolute atomic E-state index is 5.54. The highest BCUT2D eigenvalue weighted by Crippen LogP contribution is 2.28. The normalized spacial score (nSPS) is 10.5. The lowest BCUT2D eigenvalue weighted by Gasteiger charge is -1.88.